The number of aliphatic imine (C=N–C) groups is 1. The molecule has 1 aromatic rings. The third-order valence-corrected chi connectivity index (χ3v) is 4.06. The van der Waals surface area contributed by atoms with Crippen LogP contribution in [0.25, 0.3) is 0 Å². The number of benzene rings is 1. The molecule has 0 fully saturated rings. The van der Waals surface area contributed by atoms with Crippen molar-refractivity contribution in [2.75, 3.05) is 38.7 Å². The van der Waals surface area contributed by atoms with Crippen molar-refractivity contribution in [2.45, 2.75) is 0 Å². The quantitative estimate of drug-likeness (QED) is 0.395. The van der Waals surface area contributed by atoms with Gasteiger partial charge in [0.15, 0.2) is 5.96 Å². The Morgan fingerprint density at radius 2 is 1.82 bits per heavy atom. The van der Waals surface area contributed by atoms with Gasteiger partial charge in [-0.05, 0) is 24.5 Å². The van der Waals surface area contributed by atoms with Crippen molar-refractivity contribution in [3.63, 3.8) is 0 Å². The number of nitrogens with one attached hydrogen (secondary N) is 3. The van der Waals surface area contributed by atoms with E-state index in [1.807, 2.05) is 0 Å². The standard InChI is InChI=1S/C14H20Cl2N4OS/c1-17-14(20-7-8-22-2)19-6-5-18-13(21)10-3-4-11(15)12(16)9-10/h3-4,9H,5-8H2,1-2H3,(H,18,21)(H2,17,19,20). The summed E-state index contributed by atoms with van der Waals surface area (Å²) >= 11 is 13.5. The van der Waals surface area contributed by atoms with Crippen molar-refractivity contribution in [3.8, 4) is 0 Å². The van der Waals surface area contributed by atoms with Gasteiger partial charge in [0.25, 0.3) is 5.91 Å². The summed E-state index contributed by atoms with van der Waals surface area (Å²) in [5, 5.41) is 9.90. The summed E-state index contributed by atoms with van der Waals surface area (Å²) in [4.78, 5) is 16.0. The minimum atomic E-state index is -0.189. The smallest absolute Gasteiger partial charge is 0.251 e. The van der Waals surface area contributed by atoms with E-state index in [2.05, 4.69) is 27.2 Å². The molecule has 22 heavy (non-hydrogen) atoms. The van der Waals surface area contributed by atoms with Gasteiger partial charge in [0.2, 0.25) is 0 Å². The normalized spacial score (nSPS) is 11.2. The number of amides is 1. The number of carbonyl (C=O) groups is 1. The Bertz CT molecular complexity index is 526. The fourth-order valence-corrected chi connectivity index (χ4v) is 2.19. The highest BCUT2D eigenvalue weighted by Gasteiger charge is 2.07. The van der Waals surface area contributed by atoms with E-state index in [0.717, 1.165) is 18.3 Å². The molecule has 0 unspecified atom stereocenters. The molecule has 0 spiro atoms. The molecule has 5 nitrogen and oxygen atoms in total. The Morgan fingerprint density at radius 3 is 2.45 bits per heavy atom. The number of thioether (sulfide) groups is 1. The van der Waals surface area contributed by atoms with E-state index in [4.69, 9.17) is 23.2 Å². The molecular formula is C14H20Cl2N4OS. The summed E-state index contributed by atoms with van der Waals surface area (Å²) in [6.45, 7) is 1.89. The molecule has 0 heterocycles. The number of nitrogens with zero attached hydrogens (tertiary/aromatic N) is 1. The monoisotopic (exact) mass is 362 g/mol. The van der Waals surface area contributed by atoms with E-state index in [-0.39, 0.29) is 5.91 Å². The summed E-state index contributed by atoms with van der Waals surface area (Å²) in [5.74, 6) is 1.54. The van der Waals surface area contributed by atoms with Crippen LogP contribution in [0.3, 0.4) is 0 Å². The molecule has 1 rings (SSSR count). The molecule has 122 valence electrons. The van der Waals surface area contributed by atoms with E-state index >= 15 is 0 Å². The Morgan fingerprint density at radius 1 is 1.14 bits per heavy atom. The Hall–Kier alpha value is -1.11. The van der Waals surface area contributed by atoms with E-state index in [1.54, 1.807) is 37.0 Å². The van der Waals surface area contributed by atoms with Gasteiger partial charge in [0.1, 0.15) is 0 Å². The van der Waals surface area contributed by atoms with Crippen LogP contribution in [0.2, 0.25) is 10.0 Å². The Kier molecular flexibility index (Phi) is 9.11. The molecule has 0 radical (unpaired) electrons. The van der Waals surface area contributed by atoms with Crippen LogP contribution in [0.1, 0.15) is 10.4 Å². The van der Waals surface area contributed by atoms with Crippen LogP contribution < -0.4 is 16.0 Å². The van der Waals surface area contributed by atoms with Crippen LogP contribution >= 0.6 is 35.0 Å². The number of rotatable bonds is 7. The second-order valence-corrected chi connectivity index (χ2v) is 6.10. The maximum Gasteiger partial charge on any atom is 0.251 e. The fraction of sp³-hybridized carbons (Fsp3) is 0.429. The third-order valence-electron chi connectivity index (χ3n) is 2.71. The van der Waals surface area contributed by atoms with Crippen LogP contribution in [-0.4, -0.2) is 50.6 Å². The van der Waals surface area contributed by atoms with Crippen LogP contribution in [0.15, 0.2) is 23.2 Å². The van der Waals surface area contributed by atoms with Gasteiger partial charge < -0.3 is 16.0 Å². The van der Waals surface area contributed by atoms with E-state index in [0.29, 0.717) is 28.7 Å². The minimum absolute atomic E-state index is 0.189. The number of hydrogen-bond donors (Lipinski definition) is 3. The van der Waals surface area contributed by atoms with Gasteiger partial charge in [-0.3, -0.25) is 9.79 Å². The number of guanidine groups is 1. The summed E-state index contributed by atoms with van der Waals surface area (Å²) in [7, 11) is 1.71. The molecule has 0 aliphatic carbocycles. The van der Waals surface area contributed by atoms with Crippen LogP contribution in [0.5, 0.6) is 0 Å². The van der Waals surface area contributed by atoms with Gasteiger partial charge >= 0.3 is 0 Å². The topological polar surface area (TPSA) is 65.5 Å². The zero-order chi connectivity index (χ0) is 16.4. The highest BCUT2D eigenvalue weighted by molar-refractivity contribution is 7.98. The summed E-state index contributed by atoms with van der Waals surface area (Å²) < 4.78 is 0. The van der Waals surface area contributed by atoms with Crippen molar-refractivity contribution >= 4 is 46.8 Å². The Labute approximate surface area is 145 Å². The molecular weight excluding hydrogens is 343 g/mol. The minimum Gasteiger partial charge on any atom is -0.356 e. The predicted molar refractivity (Wildman–Crippen MR) is 96.5 cm³/mol. The van der Waals surface area contributed by atoms with E-state index < -0.39 is 0 Å². The fourth-order valence-electron chi connectivity index (χ4n) is 1.59. The van der Waals surface area contributed by atoms with Crippen LogP contribution in [0, 0.1) is 0 Å². The largest absolute Gasteiger partial charge is 0.356 e. The SMILES string of the molecule is CN=C(NCCNC(=O)c1ccc(Cl)c(Cl)c1)NCCSC. The average molecular weight is 363 g/mol. The van der Waals surface area contributed by atoms with Crippen molar-refractivity contribution in [1.29, 1.82) is 0 Å². The molecule has 8 heteroatoms. The predicted octanol–water partition coefficient (Wildman–Crippen LogP) is 2.25. The van der Waals surface area contributed by atoms with Gasteiger partial charge in [-0.1, -0.05) is 23.2 Å². The van der Waals surface area contributed by atoms with Crippen molar-refractivity contribution in [1.82, 2.24) is 16.0 Å². The molecule has 0 aliphatic rings. The summed E-state index contributed by atoms with van der Waals surface area (Å²) in [6, 6.07) is 4.80. The van der Waals surface area contributed by atoms with E-state index in [1.165, 1.54) is 0 Å². The molecule has 0 aliphatic heterocycles. The lowest BCUT2D eigenvalue weighted by Gasteiger charge is -2.12. The first-order chi connectivity index (χ1) is 10.6. The second-order valence-electron chi connectivity index (χ2n) is 4.30. The molecule has 0 aromatic heterocycles. The molecule has 1 amide bonds. The third kappa shape index (κ3) is 6.77. The lowest BCUT2D eigenvalue weighted by atomic mass is 10.2. The lowest BCUT2D eigenvalue weighted by Crippen LogP contribution is -2.42. The molecule has 0 saturated heterocycles. The zero-order valence-electron chi connectivity index (χ0n) is 12.6. The zero-order valence-corrected chi connectivity index (χ0v) is 14.9. The number of carbonyl (C=O) groups excluding carboxylic acids is 1. The number of halogens is 2. The first-order valence-electron chi connectivity index (χ1n) is 6.75. The van der Waals surface area contributed by atoms with Gasteiger partial charge in [-0.25, -0.2) is 0 Å². The van der Waals surface area contributed by atoms with Gasteiger partial charge in [-0.2, -0.15) is 11.8 Å². The molecule has 0 saturated carbocycles. The average Bonchev–Trinajstić information content (AvgIpc) is 2.52. The lowest BCUT2D eigenvalue weighted by molar-refractivity contribution is 0.0954. The second kappa shape index (κ2) is 10.6. The summed E-state index contributed by atoms with van der Waals surface area (Å²) in [5.41, 5.74) is 0.483. The molecule has 0 bridgehead atoms. The van der Waals surface area contributed by atoms with Crippen LogP contribution in [0.4, 0.5) is 0 Å². The molecule has 3 N–H and O–H groups in total. The van der Waals surface area contributed by atoms with Crippen molar-refractivity contribution < 1.29 is 4.79 Å². The van der Waals surface area contributed by atoms with Gasteiger partial charge in [0.05, 0.1) is 10.0 Å². The maximum atomic E-state index is 11.9. The van der Waals surface area contributed by atoms with Gasteiger partial charge in [0, 0.05) is 38.0 Å². The first-order valence-corrected chi connectivity index (χ1v) is 8.90. The van der Waals surface area contributed by atoms with Gasteiger partial charge in [-0.15, -0.1) is 0 Å². The van der Waals surface area contributed by atoms with E-state index in [9.17, 15) is 4.79 Å². The highest BCUT2D eigenvalue weighted by atomic mass is 35.5. The van der Waals surface area contributed by atoms with Crippen molar-refractivity contribution in [2.24, 2.45) is 4.99 Å². The van der Waals surface area contributed by atoms with Crippen molar-refractivity contribution in [3.05, 3.63) is 33.8 Å². The first kappa shape index (κ1) is 18.9. The summed E-state index contributed by atoms with van der Waals surface area (Å²) in [6.07, 6.45) is 2.05. The Balaban J connectivity index is 2.31. The molecule has 0 atom stereocenters. The molecule has 1 aromatic carbocycles. The van der Waals surface area contributed by atoms with Crippen LogP contribution in [-0.2, 0) is 0 Å². The number of hydrogen-bond acceptors (Lipinski definition) is 3. The highest BCUT2D eigenvalue weighted by Crippen LogP contribution is 2.22. The maximum absolute atomic E-state index is 11.9.